The van der Waals surface area contributed by atoms with Crippen LogP contribution in [0.2, 0.25) is 0 Å². The molecular formula is C45H78O15. The Morgan fingerprint density at radius 3 is 1.65 bits per heavy atom. The van der Waals surface area contributed by atoms with E-state index in [1.165, 1.54) is 32.1 Å². The Morgan fingerprint density at radius 1 is 0.550 bits per heavy atom. The molecule has 0 aromatic carbocycles. The summed E-state index contributed by atoms with van der Waals surface area (Å²) in [4.78, 5) is 25.5. The van der Waals surface area contributed by atoms with Gasteiger partial charge < -0.3 is 64.2 Å². The maximum atomic E-state index is 12.9. The van der Waals surface area contributed by atoms with Gasteiger partial charge in [-0.3, -0.25) is 9.59 Å². The summed E-state index contributed by atoms with van der Waals surface area (Å²) >= 11 is 0. The Balaban J connectivity index is 1.86. The van der Waals surface area contributed by atoms with Crippen molar-refractivity contribution >= 4 is 11.9 Å². The predicted molar refractivity (Wildman–Crippen MR) is 224 cm³/mol. The van der Waals surface area contributed by atoms with Gasteiger partial charge in [-0.1, -0.05) is 121 Å². The first-order valence-corrected chi connectivity index (χ1v) is 22.6. The molecule has 0 radical (unpaired) electrons. The highest BCUT2D eigenvalue weighted by Gasteiger charge is 2.47. The van der Waals surface area contributed by atoms with Gasteiger partial charge in [-0.05, 0) is 44.9 Å². The summed E-state index contributed by atoms with van der Waals surface area (Å²) in [6, 6.07) is 0. The zero-order valence-corrected chi connectivity index (χ0v) is 36.2. The van der Waals surface area contributed by atoms with Gasteiger partial charge in [0.1, 0.15) is 55.4 Å². The molecule has 0 aliphatic carbocycles. The number of allylic oxidation sites excluding steroid dienone is 6. The van der Waals surface area contributed by atoms with E-state index in [2.05, 4.69) is 50.3 Å². The van der Waals surface area contributed by atoms with Crippen molar-refractivity contribution in [3.8, 4) is 0 Å². The van der Waals surface area contributed by atoms with Crippen LogP contribution in [0.25, 0.3) is 0 Å². The number of aliphatic hydroxyl groups excluding tert-OH is 7. The minimum absolute atomic E-state index is 0.146. The van der Waals surface area contributed by atoms with Gasteiger partial charge in [-0.2, -0.15) is 0 Å². The molecule has 11 unspecified atom stereocenters. The van der Waals surface area contributed by atoms with Crippen molar-refractivity contribution in [2.24, 2.45) is 0 Å². The lowest BCUT2D eigenvalue weighted by molar-refractivity contribution is -0.332. The third-order valence-electron chi connectivity index (χ3n) is 10.6. The third-order valence-corrected chi connectivity index (χ3v) is 10.6. The van der Waals surface area contributed by atoms with Crippen LogP contribution in [0.15, 0.2) is 36.5 Å². The quantitative estimate of drug-likeness (QED) is 0.0272. The van der Waals surface area contributed by atoms with Crippen molar-refractivity contribution in [1.82, 2.24) is 0 Å². The van der Waals surface area contributed by atoms with E-state index in [4.69, 9.17) is 28.4 Å². The SMILES string of the molecule is CC/C=C\C/C=C\C/C=C\CCCCCCCC(=O)OC(COC(=O)CCCCCCCCCCC)COC1OC(COC2OC(CO)C(O)C(O)C2O)C(O)C(O)C1O. The molecule has 2 rings (SSSR count). The lowest BCUT2D eigenvalue weighted by Gasteiger charge is -2.42. The van der Waals surface area contributed by atoms with Gasteiger partial charge >= 0.3 is 11.9 Å². The van der Waals surface area contributed by atoms with Gasteiger partial charge in [0.15, 0.2) is 18.7 Å². The monoisotopic (exact) mass is 859 g/mol. The number of unbranched alkanes of at least 4 members (excludes halogenated alkanes) is 13. The number of esters is 2. The topological polar surface area (TPSA) is 231 Å². The fourth-order valence-electron chi connectivity index (χ4n) is 6.88. The van der Waals surface area contributed by atoms with E-state index in [1.807, 2.05) is 0 Å². The minimum Gasteiger partial charge on any atom is -0.462 e. The molecule has 0 aromatic heterocycles. The summed E-state index contributed by atoms with van der Waals surface area (Å²) in [5.41, 5.74) is 0. The van der Waals surface area contributed by atoms with Crippen LogP contribution in [-0.2, 0) is 38.0 Å². The van der Waals surface area contributed by atoms with E-state index in [0.717, 1.165) is 70.6 Å². The number of hydrogen-bond donors (Lipinski definition) is 7. The molecule has 0 aromatic rings. The van der Waals surface area contributed by atoms with E-state index < -0.39 is 92.7 Å². The largest absolute Gasteiger partial charge is 0.462 e. The lowest BCUT2D eigenvalue weighted by atomic mass is 9.98. The first kappa shape index (κ1) is 53.9. The number of carbonyl (C=O) groups excluding carboxylic acids is 2. The number of hydrogen-bond acceptors (Lipinski definition) is 15. The van der Waals surface area contributed by atoms with Gasteiger partial charge in [0.25, 0.3) is 0 Å². The molecule has 2 heterocycles. The van der Waals surface area contributed by atoms with Crippen LogP contribution in [0.1, 0.15) is 142 Å². The van der Waals surface area contributed by atoms with E-state index in [-0.39, 0.29) is 26.1 Å². The van der Waals surface area contributed by atoms with Crippen LogP contribution in [-0.4, -0.2) is 142 Å². The summed E-state index contributed by atoms with van der Waals surface area (Å²) < 4.78 is 33.4. The molecule has 0 amide bonds. The van der Waals surface area contributed by atoms with E-state index in [9.17, 15) is 45.3 Å². The number of ether oxygens (including phenoxy) is 6. The molecule has 0 saturated carbocycles. The second-order valence-electron chi connectivity index (χ2n) is 15.9. The van der Waals surface area contributed by atoms with Crippen molar-refractivity contribution in [2.45, 2.75) is 210 Å². The summed E-state index contributed by atoms with van der Waals surface area (Å²) in [6.07, 6.45) is 14.8. The number of rotatable bonds is 33. The Bertz CT molecular complexity index is 1200. The number of carbonyl (C=O) groups is 2. The summed E-state index contributed by atoms with van der Waals surface area (Å²) in [6.45, 7) is 2.41. The van der Waals surface area contributed by atoms with Crippen LogP contribution in [0.5, 0.6) is 0 Å². The first-order valence-electron chi connectivity index (χ1n) is 22.6. The van der Waals surface area contributed by atoms with Crippen molar-refractivity contribution in [2.75, 3.05) is 26.4 Å². The van der Waals surface area contributed by atoms with Crippen molar-refractivity contribution in [3.63, 3.8) is 0 Å². The van der Waals surface area contributed by atoms with E-state index in [1.54, 1.807) is 0 Å². The van der Waals surface area contributed by atoms with Gasteiger partial charge in [0.2, 0.25) is 0 Å². The minimum atomic E-state index is -1.77. The molecule has 60 heavy (non-hydrogen) atoms. The Hall–Kier alpha value is -2.28. The molecule has 0 spiro atoms. The molecule has 2 fully saturated rings. The average Bonchev–Trinajstić information content (AvgIpc) is 3.24. The third kappa shape index (κ3) is 22.2. The molecule has 15 heteroatoms. The maximum absolute atomic E-state index is 12.9. The van der Waals surface area contributed by atoms with Gasteiger partial charge in [0, 0.05) is 12.8 Å². The maximum Gasteiger partial charge on any atom is 0.306 e. The Labute approximate surface area is 357 Å². The molecule has 2 saturated heterocycles. The highest BCUT2D eigenvalue weighted by Crippen LogP contribution is 2.26. The van der Waals surface area contributed by atoms with Crippen LogP contribution < -0.4 is 0 Å². The van der Waals surface area contributed by atoms with Crippen LogP contribution >= 0.6 is 0 Å². The highest BCUT2D eigenvalue weighted by atomic mass is 16.7. The smallest absolute Gasteiger partial charge is 0.306 e. The van der Waals surface area contributed by atoms with Gasteiger partial charge in [-0.15, -0.1) is 0 Å². The second-order valence-corrected chi connectivity index (χ2v) is 15.9. The molecule has 15 nitrogen and oxygen atoms in total. The van der Waals surface area contributed by atoms with Crippen molar-refractivity contribution in [3.05, 3.63) is 36.5 Å². The molecule has 11 atom stereocenters. The molecule has 0 bridgehead atoms. The number of aliphatic hydroxyl groups is 7. The summed E-state index contributed by atoms with van der Waals surface area (Å²) in [7, 11) is 0. The van der Waals surface area contributed by atoms with Crippen LogP contribution in [0.3, 0.4) is 0 Å². The summed E-state index contributed by atoms with van der Waals surface area (Å²) in [5, 5.41) is 71.8. The zero-order valence-electron chi connectivity index (χ0n) is 36.2. The molecular weight excluding hydrogens is 780 g/mol. The standard InChI is InChI=1S/C45H78O15/c1-3-5-7-9-11-13-14-15-16-17-18-20-22-24-26-28-37(48)58-33(30-55-36(47)27-25-23-21-19-12-10-8-6-4-2)31-56-44-43(54)41(52)39(50)35(60-44)32-57-45-42(53)40(51)38(49)34(29-46)59-45/h5,7,11,13,15-16,33-35,38-46,49-54H,3-4,6,8-10,12,14,17-32H2,1-2H3/b7-5-,13-11-,16-15-. The van der Waals surface area contributed by atoms with Gasteiger partial charge in [0.05, 0.1) is 19.8 Å². The first-order chi connectivity index (χ1) is 29.0. The van der Waals surface area contributed by atoms with Crippen LogP contribution in [0.4, 0.5) is 0 Å². The molecule has 2 aliphatic heterocycles. The highest BCUT2D eigenvalue weighted by molar-refractivity contribution is 5.70. The lowest BCUT2D eigenvalue weighted by Crippen LogP contribution is -2.61. The fraction of sp³-hybridized carbons (Fsp3) is 0.822. The molecule has 7 N–H and O–H groups in total. The van der Waals surface area contributed by atoms with Crippen molar-refractivity contribution in [1.29, 1.82) is 0 Å². The van der Waals surface area contributed by atoms with E-state index >= 15 is 0 Å². The molecule has 348 valence electrons. The van der Waals surface area contributed by atoms with Gasteiger partial charge in [-0.25, -0.2) is 0 Å². The van der Waals surface area contributed by atoms with Crippen molar-refractivity contribution < 1.29 is 73.8 Å². The summed E-state index contributed by atoms with van der Waals surface area (Å²) in [5.74, 6) is -0.950. The zero-order chi connectivity index (χ0) is 44.0. The van der Waals surface area contributed by atoms with E-state index in [0.29, 0.717) is 12.8 Å². The molecule has 2 aliphatic rings. The average molecular weight is 859 g/mol. The van der Waals surface area contributed by atoms with Crippen LogP contribution in [0, 0.1) is 0 Å². The Morgan fingerprint density at radius 2 is 1.05 bits per heavy atom. The Kier molecular flexibility index (Phi) is 29.9. The predicted octanol–water partition coefficient (Wildman–Crippen LogP) is 4.59. The second kappa shape index (κ2) is 33.3. The fourth-order valence-corrected chi connectivity index (χ4v) is 6.88. The normalized spacial score (nSPS) is 27.9.